The van der Waals surface area contributed by atoms with Gasteiger partial charge in [0, 0.05) is 25.1 Å². The molecule has 0 radical (unpaired) electrons. The molecule has 2 aromatic carbocycles. The average Bonchev–Trinajstić information content (AvgIpc) is 2.76. The lowest BCUT2D eigenvalue weighted by Gasteiger charge is -2.47. The quantitative estimate of drug-likeness (QED) is 0.741. The molecule has 1 fully saturated rings. The molecule has 0 bridgehead atoms. The maximum atomic E-state index is 13.5. The van der Waals surface area contributed by atoms with Gasteiger partial charge in [-0.1, -0.05) is 18.2 Å². The maximum absolute atomic E-state index is 13.5. The van der Waals surface area contributed by atoms with Crippen LogP contribution in [-0.4, -0.2) is 49.1 Å². The van der Waals surface area contributed by atoms with Gasteiger partial charge in [-0.2, -0.15) is 0 Å². The molecular weight excluding hydrogens is 428 g/mol. The number of hydrogen-bond donors (Lipinski definition) is 1. The van der Waals surface area contributed by atoms with Crippen LogP contribution < -0.4 is 9.04 Å². The molecule has 32 heavy (non-hydrogen) atoms. The van der Waals surface area contributed by atoms with Crippen LogP contribution in [0.1, 0.15) is 51.6 Å². The summed E-state index contributed by atoms with van der Waals surface area (Å²) in [4.78, 5) is 14.5. The van der Waals surface area contributed by atoms with Crippen LogP contribution in [0.5, 0.6) is 5.75 Å². The van der Waals surface area contributed by atoms with Gasteiger partial charge >= 0.3 is 0 Å². The molecule has 2 heterocycles. The zero-order chi connectivity index (χ0) is 23.1. The van der Waals surface area contributed by atoms with Crippen LogP contribution in [0.25, 0.3) is 0 Å². The highest BCUT2D eigenvalue weighted by molar-refractivity contribution is 7.92. The van der Waals surface area contributed by atoms with E-state index in [1.807, 2.05) is 6.07 Å². The monoisotopic (exact) mass is 458 g/mol. The number of hydrogen-bond acceptors (Lipinski definition) is 5. The van der Waals surface area contributed by atoms with Gasteiger partial charge in [0.2, 0.25) is 5.91 Å². The zero-order valence-corrected chi connectivity index (χ0v) is 19.5. The van der Waals surface area contributed by atoms with Gasteiger partial charge in [0.05, 0.1) is 16.6 Å². The number of amides is 1. The van der Waals surface area contributed by atoms with Crippen LogP contribution in [0, 0.1) is 0 Å². The fourth-order valence-electron chi connectivity index (χ4n) is 4.58. The van der Waals surface area contributed by atoms with E-state index in [1.165, 1.54) is 10.4 Å². The van der Waals surface area contributed by atoms with Gasteiger partial charge < -0.3 is 14.7 Å². The molecule has 0 unspecified atom stereocenters. The van der Waals surface area contributed by atoms with Crippen molar-refractivity contribution in [1.29, 1.82) is 0 Å². The number of sulfonamides is 1. The summed E-state index contributed by atoms with van der Waals surface area (Å²) >= 11 is 0. The van der Waals surface area contributed by atoms with Crippen LogP contribution in [-0.2, 0) is 14.8 Å². The maximum Gasteiger partial charge on any atom is 0.264 e. The van der Waals surface area contributed by atoms with Crippen molar-refractivity contribution in [2.24, 2.45) is 0 Å². The summed E-state index contributed by atoms with van der Waals surface area (Å²) in [6, 6.07) is 13.0. The second-order valence-corrected chi connectivity index (χ2v) is 10.7. The Morgan fingerprint density at radius 1 is 1.16 bits per heavy atom. The lowest BCUT2D eigenvalue weighted by atomic mass is 9.84. The third-order valence-corrected chi connectivity index (χ3v) is 8.20. The van der Waals surface area contributed by atoms with Gasteiger partial charge in [-0.15, -0.1) is 0 Å². The Labute approximate surface area is 189 Å². The minimum atomic E-state index is -3.86. The van der Waals surface area contributed by atoms with Crippen LogP contribution >= 0.6 is 0 Å². The number of para-hydroxylation sites is 1. The molecule has 2 aliphatic rings. The molecule has 0 aromatic heterocycles. The summed E-state index contributed by atoms with van der Waals surface area (Å²) in [7, 11) is -3.86. The normalized spacial score (nSPS) is 22.8. The van der Waals surface area contributed by atoms with Crippen molar-refractivity contribution >= 4 is 21.6 Å². The zero-order valence-electron chi connectivity index (χ0n) is 18.7. The SMILES string of the molecule is CCN(c1ccccc1)S(=O)(=O)c1ccc2c(c1)[C@H](N1CCCCC1=O)[C@@H](O)C(C)(C)O2. The Hall–Kier alpha value is -2.58. The fourth-order valence-corrected chi connectivity index (χ4v) is 6.09. The Morgan fingerprint density at radius 3 is 2.53 bits per heavy atom. The van der Waals surface area contributed by atoms with E-state index in [2.05, 4.69) is 0 Å². The smallest absolute Gasteiger partial charge is 0.264 e. The lowest BCUT2D eigenvalue weighted by Crippen LogP contribution is -2.55. The standard InChI is InChI=1S/C24H30N2O5S/c1-4-26(17-10-6-5-7-11-17)32(29,30)18-13-14-20-19(16-18)22(23(28)24(2,3)31-20)25-15-9-8-12-21(25)27/h5-7,10-11,13-14,16,22-23,28H,4,8-9,12,15H2,1-3H3/t22-,23+/m0/s1. The fraction of sp³-hybridized carbons (Fsp3) is 0.458. The number of piperidine rings is 1. The number of likely N-dealkylation sites (tertiary alicyclic amines) is 1. The second kappa shape index (κ2) is 8.41. The van der Waals surface area contributed by atoms with Crippen molar-refractivity contribution in [2.75, 3.05) is 17.4 Å². The molecule has 2 atom stereocenters. The average molecular weight is 459 g/mol. The minimum Gasteiger partial charge on any atom is -0.485 e. The molecule has 1 N–H and O–H groups in total. The Kier molecular flexibility index (Phi) is 5.94. The third-order valence-electron chi connectivity index (χ3n) is 6.30. The molecule has 4 rings (SSSR count). The van der Waals surface area contributed by atoms with Crippen LogP contribution in [0.3, 0.4) is 0 Å². The number of fused-ring (bicyclic) bond motifs is 1. The van der Waals surface area contributed by atoms with Gasteiger partial charge in [0.1, 0.15) is 17.5 Å². The Balaban J connectivity index is 1.81. The van der Waals surface area contributed by atoms with Crippen molar-refractivity contribution in [3.63, 3.8) is 0 Å². The lowest BCUT2D eigenvalue weighted by molar-refractivity contribution is -0.147. The van der Waals surface area contributed by atoms with Crippen molar-refractivity contribution in [3.05, 3.63) is 54.1 Å². The molecule has 1 amide bonds. The number of ether oxygens (including phenoxy) is 1. The van der Waals surface area contributed by atoms with E-state index in [1.54, 1.807) is 62.1 Å². The number of carbonyl (C=O) groups excluding carboxylic acids is 1. The molecule has 8 heteroatoms. The molecule has 0 saturated carbocycles. The second-order valence-electron chi connectivity index (χ2n) is 8.84. The largest absolute Gasteiger partial charge is 0.485 e. The van der Waals surface area contributed by atoms with Crippen molar-refractivity contribution < 1.29 is 23.1 Å². The highest BCUT2D eigenvalue weighted by Crippen LogP contribution is 2.45. The molecule has 2 aliphatic heterocycles. The van der Waals surface area contributed by atoms with E-state index in [9.17, 15) is 18.3 Å². The Morgan fingerprint density at radius 2 is 1.88 bits per heavy atom. The highest BCUT2D eigenvalue weighted by Gasteiger charge is 2.47. The van der Waals surface area contributed by atoms with Crippen LogP contribution in [0.15, 0.2) is 53.4 Å². The summed E-state index contributed by atoms with van der Waals surface area (Å²) in [6.45, 7) is 6.14. The molecule has 0 aliphatic carbocycles. The number of rotatable bonds is 5. The molecule has 0 spiro atoms. The van der Waals surface area contributed by atoms with Crippen molar-refractivity contribution in [1.82, 2.24) is 4.90 Å². The first-order chi connectivity index (χ1) is 15.2. The van der Waals surface area contributed by atoms with Crippen LogP contribution in [0.2, 0.25) is 0 Å². The van der Waals surface area contributed by atoms with Gasteiger partial charge in [-0.05, 0) is 63.9 Å². The topological polar surface area (TPSA) is 87.2 Å². The van der Waals surface area contributed by atoms with E-state index >= 15 is 0 Å². The van der Waals surface area contributed by atoms with E-state index in [-0.39, 0.29) is 17.3 Å². The van der Waals surface area contributed by atoms with Gasteiger partial charge in [-0.3, -0.25) is 9.10 Å². The van der Waals surface area contributed by atoms with Crippen LogP contribution in [0.4, 0.5) is 5.69 Å². The molecule has 2 aromatic rings. The molecule has 1 saturated heterocycles. The first kappa shape index (κ1) is 22.6. The van der Waals surface area contributed by atoms with E-state index in [4.69, 9.17) is 4.74 Å². The van der Waals surface area contributed by atoms with Gasteiger partial charge in [0.15, 0.2) is 0 Å². The number of aliphatic hydroxyl groups excluding tert-OH is 1. The summed E-state index contributed by atoms with van der Waals surface area (Å²) in [5.41, 5.74) is 0.181. The highest BCUT2D eigenvalue weighted by atomic mass is 32.2. The first-order valence-corrected chi connectivity index (χ1v) is 12.5. The number of aliphatic hydroxyl groups is 1. The van der Waals surface area contributed by atoms with E-state index in [0.717, 1.165) is 12.8 Å². The summed E-state index contributed by atoms with van der Waals surface area (Å²) in [6.07, 6.45) is 1.10. The van der Waals surface area contributed by atoms with E-state index in [0.29, 0.717) is 30.0 Å². The molecule has 7 nitrogen and oxygen atoms in total. The summed E-state index contributed by atoms with van der Waals surface area (Å²) in [5.74, 6) is 0.460. The number of anilines is 1. The number of benzene rings is 2. The Bertz CT molecular complexity index is 1100. The molecular formula is C24H30N2O5S. The van der Waals surface area contributed by atoms with E-state index < -0.39 is 27.8 Å². The van der Waals surface area contributed by atoms with Gasteiger partial charge in [0.25, 0.3) is 10.0 Å². The predicted molar refractivity (Wildman–Crippen MR) is 122 cm³/mol. The third kappa shape index (κ3) is 3.86. The number of carbonyl (C=O) groups is 1. The van der Waals surface area contributed by atoms with Gasteiger partial charge in [-0.25, -0.2) is 8.42 Å². The van der Waals surface area contributed by atoms with Crippen molar-refractivity contribution in [3.8, 4) is 5.75 Å². The predicted octanol–water partition coefficient (Wildman–Crippen LogP) is 3.49. The first-order valence-electron chi connectivity index (χ1n) is 11.0. The van der Waals surface area contributed by atoms with Crippen molar-refractivity contribution in [2.45, 2.75) is 62.7 Å². The number of nitrogens with zero attached hydrogens (tertiary/aromatic N) is 2. The summed E-state index contributed by atoms with van der Waals surface area (Å²) < 4.78 is 34.5. The molecule has 172 valence electrons. The summed E-state index contributed by atoms with van der Waals surface area (Å²) in [5, 5.41) is 11.2. The minimum absolute atomic E-state index is 0.0309.